The van der Waals surface area contributed by atoms with Crippen LogP contribution in [0, 0.1) is 6.92 Å². The highest BCUT2D eigenvalue weighted by atomic mass is 32.2. The molecule has 3 aromatic rings. The van der Waals surface area contributed by atoms with Crippen LogP contribution in [-0.2, 0) is 18.4 Å². The van der Waals surface area contributed by atoms with Crippen LogP contribution >= 0.6 is 11.8 Å². The zero-order chi connectivity index (χ0) is 18.7. The molecule has 0 N–H and O–H groups in total. The monoisotopic (exact) mass is 370 g/mol. The van der Waals surface area contributed by atoms with Crippen molar-refractivity contribution in [3.63, 3.8) is 0 Å². The molecule has 0 fully saturated rings. The molecule has 26 heavy (non-hydrogen) atoms. The minimum atomic E-state index is -0.259. The van der Waals surface area contributed by atoms with Gasteiger partial charge in [-0.05, 0) is 25.5 Å². The predicted octanol–water partition coefficient (Wildman–Crippen LogP) is 3.52. The molecule has 0 saturated carbocycles. The molecule has 0 unspecified atom stereocenters. The van der Waals surface area contributed by atoms with Crippen LogP contribution in [-0.4, -0.2) is 37.9 Å². The molecule has 2 heterocycles. The van der Waals surface area contributed by atoms with E-state index < -0.39 is 0 Å². The van der Waals surface area contributed by atoms with Gasteiger partial charge in [0.2, 0.25) is 5.91 Å². The summed E-state index contributed by atoms with van der Waals surface area (Å²) in [5.74, 6) is 1.59. The van der Waals surface area contributed by atoms with Gasteiger partial charge in [0.05, 0.1) is 17.1 Å². The Kier molecular flexibility index (Phi) is 5.46. The Hall–Kier alpha value is -2.54. The van der Waals surface area contributed by atoms with Crippen molar-refractivity contribution in [1.82, 2.24) is 19.7 Å². The van der Waals surface area contributed by atoms with Crippen molar-refractivity contribution in [3.05, 3.63) is 54.0 Å². The van der Waals surface area contributed by atoms with Gasteiger partial charge in [0.1, 0.15) is 5.76 Å². The number of hydrogen-bond acceptors (Lipinski definition) is 5. The first-order chi connectivity index (χ1) is 12.5. The standard InChI is InChI=1S/C19H22N4O2S/c1-13-16(10-11-25-13)17-20-21-19(23(17)4)26-14(2)18(24)22(3)12-15-8-6-5-7-9-15/h5-11,14H,12H2,1-4H3/t14-/m1/s1. The van der Waals surface area contributed by atoms with Gasteiger partial charge in [0.15, 0.2) is 11.0 Å². The lowest BCUT2D eigenvalue weighted by molar-refractivity contribution is -0.129. The number of nitrogens with zero attached hydrogens (tertiary/aromatic N) is 4. The zero-order valence-electron chi connectivity index (χ0n) is 15.3. The Morgan fingerprint density at radius 3 is 2.65 bits per heavy atom. The van der Waals surface area contributed by atoms with Crippen LogP contribution in [0.2, 0.25) is 0 Å². The Morgan fingerprint density at radius 1 is 1.27 bits per heavy atom. The average molecular weight is 370 g/mol. The highest BCUT2D eigenvalue weighted by Crippen LogP contribution is 2.28. The molecule has 0 radical (unpaired) electrons. The van der Waals surface area contributed by atoms with Gasteiger partial charge in [-0.1, -0.05) is 42.1 Å². The smallest absolute Gasteiger partial charge is 0.235 e. The summed E-state index contributed by atoms with van der Waals surface area (Å²) >= 11 is 1.41. The second kappa shape index (κ2) is 7.78. The molecule has 6 nitrogen and oxygen atoms in total. The minimum absolute atomic E-state index is 0.0582. The van der Waals surface area contributed by atoms with E-state index in [1.54, 1.807) is 11.2 Å². The number of amides is 1. The van der Waals surface area contributed by atoms with E-state index in [0.29, 0.717) is 11.7 Å². The number of aromatic nitrogens is 3. The molecule has 1 amide bonds. The number of carbonyl (C=O) groups excluding carboxylic acids is 1. The molecule has 0 aliphatic heterocycles. The number of aryl methyl sites for hydroxylation is 1. The van der Waals surface area contributed by atoms with Crippen molar-refractivity contribution < 1.29 is 9.21 Å². The fourth-order valence-electron chi connectivity index (χ4n) is 2.72. The number of thioether (sulfide) groups is 1. The summed E-state index contributed by atoms with van der Waals surface area (Å²) in [6.07, 6.45) is 1.64. The van der Waals surface area contributed by atoms with Crippen LogP contribution in [0.4, 0.5) is 0 Å². The van der Waals surface area contributed by atoms with E-state index in [9.17, 15) is 4.79 Å². The van der Waals surface area contributed by atoms with Crippen LogP contribution in [0.3, 0.4) is 0 Å². The van der Waals surface area contributed by atoms with E-state index in [0.717, 1.165) is 22.7 Å². The van der Waals surface area contributed by atoms with Crippen LogP contribution in [0.5, 0.6) is 0 Å². The summed E-state index contributed by atoms with van der Waals surface area (Å²) in [5.41, 5.74) is 2.02. The summed E-state index contributed by atoms with van der Waals surface area (Å²) in [7, 11) is 3.72. The molecule has 1 atom stereocenters. The van der Waals surface area contributed by atoms with E-state index in [2.05, 4.69) is 10.2 Å². The highest BCUT2D eigenvalue weighted by Gasteiger charge is 2.23. The first kappa shape index (κ1) is 18.3. The van der Waals surface area contributed by atoms with E-state index >= 15 is 0 Å². The molecule has 0 bridgehead atoms. The molecule has 0 spiro atoms. The van der Waals surface area contributed by atoms with Gasteiger partial charge in [-0.2, -0.15) is 0 Å². The third kappa shape index (κ3) is 3.83. The number of benzene rings is 1. The summed E-state index contributed by atoms with van der Waals surface area (Å²) in [5, 5.41) is 8.94. The van der Waals surface area contributed by atoms with Gasteiger partial charge < -0.3 is 13.9 Å². The van der Waals surface area contributed by atoms with Crippen molar-refractivity contribution in [2.75, 3.05) is 7.05 Å². The van der Waals surface area contributed by atoms with Gasteiger partial charge in [0, 0.05) is 20.6 Å². The largest absolute Gasteiger partial charge is 0.469 e. The Labute approximate surface area is 157 Å². The van der Waals surface area contributed by atoms with Crippen molar-refractivity contribution in [2.24, 2.45) is 7.05 Å². The predicted molar refractivity (Wildman–Crippen MR) is 102 cm³/mol. The number of furan rings is 1. The topological polar surface area (TPSA) is 64.2 Å². The van der Waals surface area contributed by atoms with Crippen LogP contribution in [0.1, 0.15) is 18.2 Å². The fraction of sp³-hybridized carbons (Fsp3) is 0.316. The van der Waals surface area contributed by atoms with Crippen molar-refractivity contribution in [1.29, 1.82) is 0 Å². The first-order valence-corrected chi connectivity index (χ1v) is 9.24. The van der Waals surface area contributed by atoms with Crippen LogP contribution in [0.15, 0.2) is 52.2 Å². The average Bonchev–Trinajstić information content (AvgIpc) is 3.21. The molecule has 136 valence electrons. The number of hydrogen-bond donors (Lipinski definition) is 0. The van der Waals surface area contributed by atoms with Crippen molar-refractivity contribution in [3.8, 4) is 11.4 Å². The fourth-order valence-corrected chi connectivity index (χ4v) is 3.65. The van der Waals surface area contributed by atoms with E-state index in [1.165, 1.54) is 11.8 Å². The lowest BCUT2D eigenvalue weighted by Gasteiger charge is -2.21. The summed E-state index contributed by atoms with van der Waals surface area (Å²) in [6, 6.07) is 11.8. The van der Waals surface area contributed by atoms with E-state index in [-0.39, 0.29) is 11.2 Å². The van der Waals surface area contributed by atoms with E-state index in [1.807, 2.05) is 68.9 Å². The van der Waals surface area contributed by atoms with Gasteiger partial charge in [-0.25, -0.2) is 0 Å². The zero-order valence-corrected chi connectivity index (χ0v) is 16.2. The van der Waals surface area contributed by atoms with E-state index in [4.69, 9.17) is 4.42 Å². The summed E-state index contributed by atoms with van der Waals surface area (Å²) in [6.45, 7) is 4.37. The maximum Gasteiger partial charge on any atom is 0.235 e. The van der Waals surface area contributed by atoms with Crippen LogP contribution < -0.4 is 0 Å². The molecule has 3 rings (SSSR count). The number of rotatable bonds is 6. The second-order valence-electron chi connectivity index (χ2n) is 6.20. The maximum absolute atomic E-state index is 12.7. The number of carbonyl (C=O) groups is 1. The van der Waals surface area contributed by atoms with Gasteiger partial charge in [0.25, 0.3) is 0 Å². The third-order valence-electron chi connectivity index (χ3n) is 4.20. The highest BCUT2D eigenvalue weighted by molar-refractivity contribution is 8.00. The quantitative estimate of drug-likeness (QED) is 0.621. The van der Waals surface area contributed by atoms with Gasteiger partial charge in [-0.15, -0.1) is 10.2 Å². The molecule has 0 aliphatic carbocycles. The molecular formula is C19H22N4O2S. The van der Waals surface area contributed by atoms with Gasteiger partial charge >= 0.3 is 0 Å². The molecular weight excluding hydrogens is 348 g/mol. The molecule has 7 heteroatoms. The van der Waals surface area contributed by atoms with Crippen molar-refractivity contribution >= 4 is 17.7 Å². The van der Waals surface area contributed by atoms with Gasteiger partial charge in [-0.3, -0.25) is 4.79 Å². The molecule has 0 saturated heterocycles. The summed E-state index contributed by atoms with van der Waals surface area (Å²) < 4.78 is 7.23. The Balaban J connectivity index is 1.68. The summed E-state index contributed by atoms with van der Waals surface area (Å²) in [4.78, 5) is 14.4. The normalized spacial score (nSPS) is 12.2. The lowest BCUT2D eigenvalue weighted by Crippen LogP contribution is -2.32. The molecule has 2 aromatic heterocycles. The van der Waals surface area contributed by atoms with Crippen LogP contribution in [0.25, 0.3) is 11.4 Å². The maximum atomic E-state index is 12.7. The lowest BCUT2D eigenvalue weighted by atomic mass is 10.2. The molecule has 0 aliphatic rings. The third-order valence-corrected chi connectivity index (χ3v) is 5.32. The second-order valence-corrected chi connectivity index (χ2v) is 7.50. The first-order valence-electron chi connectivity index (χ1n) is 8.36. The minimum Gasteiger partial charge on any atom is -0.469 e. The Morgan fingerprint density at radius 2 is 2.00 bits per heavy atom. The SMILES string of the molecule is Cc1occc1-c1nnc(S[C@H](C)C(=O)N(C)Cc2ccccc2)n1C. The molecule has 1 aromatic carbocycles. The Bertz CT molecular complexity index is 888. The van der Waals surface area contributed by atoms with Crippen molar-refractivity contribution in [2.45, 2.75) is 30.8 Å².